The van der Waals surface area contributed by atoms with Gasteiger partial charge in [-0.1, -0.05) is 30.3 Å². The molecule has 0 bridgehead atoms. The van der Waals surface area contributed by atoms with Crippen LogP contribution in [0.1, 0.15) is 37.3 Å². The second-order valence-corrected chi connectivity index (χ2v) is 5.43. The van der Waals surface area contributed by atoms with E-state index in [2.05, 4.69) is 54.7 Å². The lowest BCUT2D eigenvalue weighted by Gasteiger charge is -2.31. The van der Waals surface area contributed by atoms with Crippen LogP contribution in [0.4, 0.5) is 5.69 Å². The highest BCUT2D eigenvalue weighted by molar-refractivity contribution is 5.58. The average molecular weight is 267 g/mol. The fraction of sp³-hybridized carbons (Fsp3) is 0.333. The molecule has 2 atom stereocenters. The van der Waals surface area contributed by atoms with Crippen LogP contribution in [0.3, 0.4) is 0 Å². The molecule has 104 valence electrons. The Morgan fingerprint density at radius 2 is 2.00 bits per heavy atom. The lowest BCUT2D eigenvalue weighted by Crippen LogP contribution is -2.25. The first-order valence-corrected chi connectivity index (χ1v) is 7.36. The van der Waals surface area contributed by atoms with Crippen molar-refractivity contribution in [3.63, 3.8) is 0 Å². The molecule has 2 heteroatoms. The van der Waals surface area contributed by atoms with Crippen molar-refractivity contribution in [1.29, 1.82) is 0 Å². The highest BCUT2D eigenvalue weighted by atomic mass is 16.5. The van der Waals surface area contributed by atoms with Gasteiger partial charge in [0.1, 0.15) is 5.75 Å². The molecule has 1 N–H and O–H groups in total. The molecule has 2 unspecified atom stereocenters. The zero-order chi connectivity index (χ0) is 13.9. The van der Waals surface area contributed by atoms with Gasteiger partial charge in [0.15, 0.2) is 0 Å². The molecule has 0 aliphatic carbocycles. The van der Waals surface area contributed by atoms with Gasteiger partial charge in [0.25, 0.3) is 0 Å². The minimum absolute atomic E-state index is 0.447. The van der Waals surface area contributed by atoms with Crippen LogP contribution in [0.15, 0.2) is 48.5 Å². The molecule has 0 saturated heterocycles. The van der Waals surface area contributed by atoms with Crippen LogP contribution in [-0.4, -0.2) is 12.6 Å². The SMILES string of the molecule is CCOc1cccc(C2CC(C)Nc3ccccc32)c1. The summed E-state index contributed by atoms with van der Waals surface area (Å²) in [5, 5.41) is 3.57. The summed E-state index contributed by atoms with van der Waals surface area (Å²) in [4.78, 5) is 0. The number of nitrogens with one attached hydrogen (secondary N) is 1. The first kappa shape index (κ1) is 13.0. The maximum Gasteiger partial charge on any atom is 0.119 e. The smallest absolute Gasteiger partial charge is 0.119 e. The molecule has 0 aromatic heterocycles. The maximum atomic E-state index is 5.64. The summed E-state index contributed by atoms with van der Waals surface area (Å²) in [5.41, 5.74) is 3.99. The molecule has 3 rings (SSSR count). The summed E-state index contributed by atoms with van der Waals surface area (Å²) < 4.78 is 5.64. The molecule has 1 aliphatic rings. The summed E-state index contributed by atoms with van der Waals surface area (Å²) in [6, 6.07) is 17.6. The number of hydrogen-bond acceptors (Lipinski definition) is 2. The standard InChI is InChI=1S/C18H21NO/c1-3-20-15-8-6-7-14(12-15)17-11-13(2)19-18-10-5-4-9-16(17)18/h4-10,12-13,17,19H,3,11H2,1-2H3. The van der Waals surface area contributed by atoms with Crippen molar-refractivity contribution in [2.24, 2.45) is 0 Å². The van der Waals surface area contributed by atoms with E-state index in [1.165, 1.54) is 16.8 Å². The number of ether oxygens (including phenoxy) is 1. The third-order valence-electron chi connectivity index (χ3n) is 3.90. The van der Waals surface area contributed by atoms with Gasteiger partial charge in [0.05, 0.1) is 6.61 Å². The van der Waals surface area contributed by atoms with E-state index in [-0.39, 0.29) is 0 Å². The summed E-state index contributed by atoms with van der Waals surface area (Å²) in [7, 11) is 0. The van der Waals surface area contributed by atoms with Crippen LogP contribution in [0.25, 0.3) is 0 Å². The van der Waals surface area contributed by atoms with Gasteiger partial charge in [-0.3, -0.25) is 0 Å². The largest absolute Gasteiger partial charge is 0.494 e. The van der Waals surface area contributed by atoms with Crippen molar-refractivity contribution in [3.05, 3.63) is 59.7 Å². The number of hydrogen-bond donors (Lipinski definition) is 1. The zero-order valence-electron chi connectivity index (χ0n) is 12.1. The van der Waals surface area contributed by atoms with E-state index in [9.17, 15) is 0 Å². The van der Waals surface area contributed by atoms with E-state index in [4.69, 9.17) is 4.74 Å². The molecule has 1 aliphatic heterocycles. The van der Waals surface area contributed by atoms with Crippen LogP contribution in [0.5, 0.6) is 5.75 Å². The molecule has 2 aromatic carbocycles. The fourth-order valence-electron chi connectivity index (χ4n) is 3.04. The summed E-state index contributed by atoms with van der Waals surface area (Å²) in [5.74, 6) is 1.41. The van der Waals surface area contributed by atoms with Crippen molar-refractivity contribution >= 4 is 5.69 Å². The normalized spacial score (nSPS) is 20.9. The maximum absolute atomic E-state index is 5.64. The van der Waals surface area contributed by atoms with Crippen molar-refractivity contribution in [2.75, 3.05) is 11.9 Å². The van der Waals surface area contributed by atoms with Gasteiger partial charge in [-0.25, -0.2) is 0 Å². The first-order chi connectivity index (χ1) is 9.78. The van der Waals surface area contributed by atoms with Crippen LogP contribution in [0, 0.1) is 0 Å². The summed E-state index contributed by atoms with van der Waals surface area (Å²) in [6.45, 7) is 4.98. The second-order valence-electron chi connectivity index (χ2n) is 5.43. The Morgan fingerprint density at radius 1 is 1.15 bits per heavy atom. The van der Waals surface area contributed by atoms with Crippen LogP contribution in [0.2, 0.25) is 0 Å². The van der Waals surface area contributed by atoms with Gasteiger partial charge in [-0.2, -0.15) is 0 Å². The fourth-order valence-corrected chi connectivity index (χ4v) is 3.04. The van der Waals surface area contributed by atoms with Gasteiger partial charge in [0, 0.05) is 17.6 Å². The molecule has 20 heavy (non-hydrogen) atoms. The second kappa shape index (κ2) is 5.58. The highest BCUT2D eigenvalue weighted by Gasteiger charge is 2.25. The molecule has 0 amide bonds. The molecular weight excluding hydrogens is 246 g/mol. The van der Waals surface area contributed by atoms with Gasteiger partial charge in [0.2, 0.25) is 0 Å². The van der Waals surface area contributed by atoms with Gasteiger partial charge in [-0.05, 0) is 49.6 Å². The Hall–Kier alpha value is -1.96. The Balaban J connectivity index is 1.99. The minimum atomic E-state index is 0.447. The van der Waals surface area contributed by atoms with E-state index >= 15 is 0 Å². The van der Waals surface area contributed by atoms with E-state index < -0.39 is 0 Å². The number of benzene rings is 2. The molecule has 0 saturated carbocycles. The first-order valence-electron chi connectivity index (χ1n) is 7.36. The lowest BCUT2D eigenvalue weighted by molar-refractivity contribution is 0.339. The van der Waals surface area contributed by atoms with E-state index in [0.717, 1.165) is 12.2 Å². The molecule has 0 radical (unpaired) electrons. The lowest BCUT2D eigenvalue weighted by atomic mass is 9.82. The monoisotopic (exact) mass is 267 g/mol. The predicted molar refractivity (Wildman–Crippen MR) is 83.6 cm³/mol. The topological polar surface area (TPSA) is 21.3 Å². The van der Waals surface area contributed by atoms with Gasteiger partial charge < -0.3 is 10.1 Å². The molecule has 2 aromatic rings. The zero-order valence-corrected chi connectivity index (χ0v) is 12.1. The average Bonchev–Trinajstić information content (AvgIpc) is 2.47. The van der Waals surface area contributed by atoms with Crippen molar-refractivity contribution in [1.82, 2.24) is 0 Å². The van der Waals surface area contributed by atoms with Crippen molar-refractivity contribution in [2.45, 2.75) is 32.2 Å². The van der Waals surface area contributed by atoms with Gasteiger partial charge in [-0.15, -0.1) is 0 Å². The third kappa shape index (κ3) is 2.51. The van der Waals surface area contributed by atoms with Crippen molar-refractivity contribution in [3.8, 4) is 5.75 Å². The van der Waals surface area contributed by atoms with Crippen LogP contribution >= 0.6 is 0 Å². The Labute approximate surface area is 120 Å². The summed E-state index contributed by atoms with van der Waals surface area (Å²) >= 11 is 0. The number of anilines is 1. The molecule has 0 spiro atoms. The quantitative estimate of drug-likeness (QED) is 0.888. The molecule has 1 heterocycles. The number of fused-ring (bicyclic) bond motifs is 1. The van der Waals surface area contributed by atoms with Crippen molar-refractivity contribution < 1.29 is 4.74 Å². The third-order valence-corrected chi connectivity index (χ3v) is 3.90. The Morgan fingerprint density at radius 3 is 2.85 bits per heavy atom. The highest BCUT2D eigenvalue weighted by Crippen LogP contribution is 2.39. The number of para-hydroxylation sites is 1. The van der Waals surface area contributed by atoms with Crippen LogP contribution in [-0.2, 0) is 0 Å². The predicted octanol–water partition coefficient (Wildman–Crippen LogP) is 4.42. The minimum Gasteiger partial charge on any atom is -0.494 e. The Bertz CT molecular complexity index is 593. The van der Waals surface area contributed by atoms with Gasteiger partial charge >= 0.3 is 0 Å². The number of rotatable bonds is 3. The molecule has 2 nitrogen and oxygen atoms in total. The van der Waals surface area contributed by atoms with E-state index in [0.29, 0.717) is 18.6 Å². The molecule has 0 fully saturated rings. The Kier molecular flexibility index (Phi) is 3.64. The van der Waals surface area contributed by atoms with Crippen LogP contribution < -0.4 is 10.1 Å². The molecular formula is C18H21NO. The summed E-state index contributed by atoms with van der Waals surface area (Å²) in [6.07, 6.45) is 1.12. The van der Waals surface area contributed by atoms with E-state index in [1.807, 2.05) is 13.0 Å². The van der Waals surface area contributed by atoms with E-state index in [1.54, 1.807) is 0 Å².